The zero-order chi connectivity index (χ0) is 15.8. The summed E-state index contributed by atoms with van der Waals surface area (Å²) >= 11 is 0. The van der Waals surface area contributed by atoms with Gasteiger partial charge in [-0.1, -0.05) is 6.08 Å². The number of nitrogens with zero attached hydrogens (tertiary/aromatic N) is 3. The number of rotatable bonds is 7. The number of aryl methyl sites for hydroxylation is 1. The highest BCUT2D eigenvalue weighted by molar-refractivity contribution is 5.92. The molecule has 0 spiro atoms. The molecule has 1 aromatic rings. The van der Waals surface area contributed by atoms with E-state index >= 15 is 0 Å². The summed E-state index contributed by atoms with van der Waals surface area (Å²) in [7, 11) is 0. The van der Waals surface area contributed by atoms with Gasteiger partial charge in [0.25, 0.3) is 5.91 Å². The molecule has 1 amide bonds. The fourth-order valence-corrected chi connectivity index (χ4v) is 2.19. The number of ether oxygens (including phenoxy) is 1. The number of carbonyl (C=O) groups excluding carboxylic acids is 1. The first-order valence-electron chi connectivity index (χ1n) is 7.48. The lowest BCUT2D eigenvalue weighted by Gasteiger charge is -2.26. The highest BCUT2D eigenvalue weighted by Crippen LogP contribution is 2.06. The number of amides is 1. The van der Waals surface area contributed by atoms with Crippen LogP contribution in [0.15, 0.2) is 18.7 Å². The smallest absolute Gasteiger partial charge is 0.270 e. The van der Waals surface area contributed by atoms with Gasteiger partial charge < -0.3 is 15.4 Å². The number of nitrogens with one attached hydrogen (secondary N) is 2. The zero-order valence-electron chi connectivity index (χ0n) is 13.0. The largest absolute Gasteiger partial charge is 0.379 e. The van der Waals surface area contributed by atoms with Crippen LogP contribution in [0.4, 0.5) is 5.82 Å². The summed E-state index contributed by atoms with van der Waals surface area (Å²) in [6, 6.07) is 1.65. The van der Waals surface area contributed by atoms with Gasteiger partial charge in [0.1, 0.15) is 17.3 Å². The normalized spacial score (nSPS) is 15.3. The number of aromatic nitrogens is 2. The summed E-state index contributed by atoms with van der Waals surface area (Å²) in [5, 5.41) is 5.96. The van der Waals surface area contributed by atoms with Crippen molar-refractivity contribution < 1.29 is 9.53 Å². The molecule has 0 atom stereocenters. The van der Waals surface area contributed by atoms with E-state index in [2.05, 4.69) is 32.1 Å². The fraction of sp³-hybridized carbons (Fsp3) is 0.533. The molecule has 2 rings (SSSR count). The molecule has 22 heavy (non-hydrogen) atoms. The third-order valence-corrected chi connectivity index (χ3v) is 3.32. The molecule has 1 aliphatic heterocycles. The lowest BCUT2D eigenvalue weighted by Crippen LogP contribution is -2.41. The molecule has 0 unspecified atom stereocenters. The Hall–Kier alpha value is -1.99. The molecule has 0 aliphatic carbocycles. The van der Waals surface area contributed by atoms with Crippen LogP contribution in [0.25, 0.3) is 0 Å². The third kappa shape index (κ3) is 5.09. The second-order valence-corrected chi connectivity index (χ2v) is 5.07. The second kappa shape index (κ2) is 8.45. The van der Waals surface area contributed by atoms with Crippen LogP contribution < -0.4 is 10.6 Å². The summed E-state index contributed by atoms with van der Waals surface area (Å²) in [5.74, 6) is 1.01. The molecule has 1 saturated heterocycles. The van der Waals surface area contributed by atoms with E-state index in [4.69, 9.17) is 4.74 Å². The first kappa shape index (κ1) is 16.4. The SMILES string of the molecule is C=CCNc1cc(C(=O)NCCN2CCOCC2)nc(C)n1. The Kier molecular flexibility index (Phi) is 6.29. The van der Waals surface area contributed by atoms with E-state index in [0.717, 1.165) is 32.8 Å². The van der Waals surface area contributed by atoms with Crippen molar-refractivity contribution in [2.75, 3.05) is 51.3 Å². The van der Waals surface area contributed by atoms with Gasteiger partial charge in [-0.3, -0.25) is 9.69 Å². The van der Waals surface area contributed by atoms with E-state index in [9.17, 15) is 4.79 Å². The second-order valence-electron chi connectivity index (χ2n) is 5.07. The molecule has 0 saturated carbocycles. The molecule has 0 radical (unpaired) electrons. The molecule has 0 bridgehead atoms. The van der Waals surface area contributed by atoms with Gasteiger partial charge in [-0.25, -0.2) is 9.97 Å². The van der Waals surface area contributed by atoms with Crippen LogP contribution in [-0.4, -0.2) is 66.7 Å². The molecular weight excluding hydrogens is 282 g/mol. The molecule has 2 heterocycles. The summed E-state index contributed by atoms with van der Waals surface area (Å²) in [4.78, 5) is 22.9. The van der Waals surface area contributed by atoms with Crippen molar-refractivity contribution in [1.29, 1.82) is 0 Å². The molecule has 120 valence electrons. The van der Waals surface area contributed by atoms with Gasteiger partial charge in [0.2, 0.25) is 0 Å². The predicted molar refractivity (Wildman–Crippen MR) is 85.0 cm³/mol. The Bertz CT molecular complexity index is 515. The van der Waals surface area contributed by atoms with E-state index < -0.39 is 0 Å². The lowest BCUT2D eigenvalue weighted by atomic mass is 10.3. The van der Waals surface area contributed by atoms with Gasteiger partial charge in [0.05, 0.1) is 13.2 Å². The quantitative estimate of drug-likeness (QED) is 0.712. The van der Waals surface area contributed by atoms with Crippen LogP contribution in [0, 0.1) is 6.92 Å². The van der Waals surface area contributed by atoms with Crippen molar-refractivity contribution in [2.45, 2.75) is 6.92 Å². The van der Waals surface area contributed by atoms with Gasteiger partial charge in [0.15, 0.2) is 0 Å². The van der Waals surface area contributed by atoms with Crippen LogP contribution in [0.2, 0.25) is 0 Å². The molecule has 1 aliphatic rings. The summed E-state index contributed by atoms with van der Waals surface area (Å²) in [5.41, 5.74) is 0.376. The Morgan fingerprint density at radius 2 is 2.23 bits per heavy atom. The molecule has 0 aromatic carbocycles. The van der Waals surface area contributed by atoms with Crippen molar-refractivity contribution in [3.05, 3.63) is 30.2 Å². The Morgan fingerprint density at radius 3 is 2.95 bits per heavy atom. The van der Waals surface area contributed by atoms with Gasteiger partial charge in [-0.2, -0.15) is 0 Å². The number of hydrogen-bond donors (Lipinski definition) is 2. The molecule has 2 N–H and O–H groups in total. The van der Waals surface area contributed by atoms with Crippen molar-refractivity contribution in [1.82, 2.24) is 20.2 Å². The third-order valence-electron chi connectivity index (χ3n) is 3.32. The number of carbonyl (C=O) groups is 1. The minimum Gasteiger partial charge on any atom is -0.379 e. The maximum atomic E-state index is 12.2. The molecular formula is C15H23N5O2. The van der Waals surface area contributed by atoms with Crippen LogP contribution >= 0.6 is 0 Å². The lowest BCUT2D eigenvalue weighted by molar-refractivity contribution is 0.0383. The van der Waals surface area contributed by atoms with Crippen LogP contribution in [-0.2, 0) is 4.74 Å². The maximum Gasteiger partial charge on any atom is 0.270 e. The molecule has 7 heteroatoms. The van der Waals surface area contributed by atoms with Gasteiger partial charge in [-0.15, -0.1) is 6.58 Å². The Labute approximate surface area is 130 Å². The number of anilines is 1. The average Bonchev–Trinajstić information content (AvgIpc) is 2.53. The highest BCUT2D eigenvalue weighted by atomic mass is 16.5. The fourth-order valence-electron chi connectivity index (χ4n) is 2.19. The van der Waals surface area contributed by atoms with Gasteiger partial charge >= 0.3 is 0 Å². The van der Waals surface area contributed by atoms with Gasteiger partial charge in [-0.05, 0) is 6.92 Å². The van der Waals surface area contributed by atoms with E-state index in [1.165, 1.54) is 0 Å². The van der Waals surface area contributed by atoms with E-state index in [1.54, 1.807) is 19.1 Å². The predicted octanol–water partition coefficient (Wildman–Crippen LogP) is 0.445. The zero-order valence-corrected chi connectivity index (χ0v) is 13.0. The average molecular weight is 305 g/mol. The monoisotopic (exact) mass is 305 g/mol. The van der Waals surface area contributed by atoms with E-state index in [-0.39, 0.29) is 5.91 Å². The van der Waals surface area contributed by atoms with Crippen molar-refractivity contribution in [2.24, 2.45) is 0 Å². The highest BCUT2D eigenvalue weighted by Gasteiger charge is 2.12. The van der Waals surface area contributed by atoms with Crippen LogP contribution in [0.1, 0.15) is 16.3 Å². The first-order chi connectivity index (χ1) is 10.7. The first-order valence-corrected chi connectivity index (χ1v) is 7.48. The minimum atomic E-state index is -0.180. The van der Waals surface area contributed by atoms with Crippen molar-refractivity contribution in [3.63, 3.8) is 0 Å². The standard InChI is InChI=1S/C15H23N5O2/c1-3-4-16-14-11-13(18-12(2)19-14)15(21)17-5-6-20-7-9-22-10-8-20/h3,11H,1,4-10H2,2H3,(H,17,21)(H,16,18,19). The van der Waals surface area contributed by atoms with Crippen LogP contribution in [0.3, 0.4) is 0 Å². The number of hydrogen-bond acceptors (Lipinski definition) is 6. The molecule has 1 aromatic heterocycles. The van der Waals surface area contributed by atoms with E-state index in [0.29, 0.717) is 30.4 Å². The Balaban J connectivity index is 1.85. The number of morpholine rings is 1. The van der Waals surface area contributed by atoms with Crippen molar-refractivity contribution >= 4 is 11.7 Å². The van der Waals surface area contributed by atoms with Gasteiger partial charge in [0, 0.05) is 38.8 Å². The summed E-state index contributed by atoms with van der Waals surface area (Å²) in [6.45, 7) is 10.8. The molecule has 1 fully saturated rings. The Morgan fingerprint density at radius 1 is 1.45 bits per heavy atom. The van der Waals surface area contributed by atoms with E-state index in [1.807, 2.05) is 0 Å². The van der Waals surface area contributed by atoms with Crippen molar-refractivity contribution in [3.8, 4) is 0 Å². The summed E-state index contributed by atoms with van der Waals surface area (Å²) < 4.78 is 5.30. The minimum absolute atomic E-state index is 0.180. The molecule has 7 nitrogen and oxygen atoms in total. The topological polar surface area (TPSA) is 79.4 Å². The summed E-state index contributed by atoms with van der Waals surface area (Å²) in [6.07, 6.45) is 1.74. The van der Waals surface area contributed by atoms with Crippen LogP contribution in [0.5, 0.6) is 0 Å². The maximum absolute atomic E-state index is 12.2.